The zero-order valence-corrected chi connectivity index (χ0v) is 11.9. The molecule has 0 spiro atoms. The molecule has 1 N–H and O–H groups in total. The highest BCUT2D eigenvalue weighted by Crippen LogP contribution is 2.20. The molecule has 4 heteroatoms. The Morgan fingerprint density at radius 1 is 0.895 bits per heavy atom. The molecule has 2 aromatic carbocycles. The maximum atomic E-state index is 13.4. The van der Waals surface area contributed by atoms with Crippen LogP contribution in [0.15, 0.2) is 46.9 Å². The van der Waals surface area contributed by atoms with Crippen LogP contribution in [0.5, 0.6) is 0 Å². The molecule has 0 saturated heterocycles. The minimum atomic E-state index is -0.270. The second-order valence-electron chi connectivity index (χ2n) is 4.23. The lowest BCUT2D eigenvalue weighted by atomic mass is 10.1. The Balaban J connectivity index is 1.84. The van der Waals surface area contributed by atoms with Crippen LogP contribution in [0, 0.1) is 11.6 Å². The predicted octanol–water partition coefficient (Wildman–Crippen LogP) is 4.06. The van der Waals surface area contributed by atoms with E-state index in [9.17, 15) is 8.78 Å². The van der Waals surface area contributed by atoms with Crippen molar-refractivity contribution in [2.24, 2.45) is 0 Å². The van der Waals surface area contributed by atoms with Crippen molar-refractivity contribution in [3.8, 4) is 0 Å². The maximum Gasteiger partial charge on any atom is 0.137 e. The molecular formula is C15H14BrF2N. The molecule has 0 aliphatic rings. The summed E-state index contributed by atoms with van der Waals surface area (Å²) in [6, 6.07) is 11.7. The normalized spacial score (nSPS) is 10.7. The van der Waals surface area contributed by atoms with Gasteiger partial charge in [0.25, 0.3) is 0 Å². The highest BCUT2D eigenvalue weighted by atomic mass is 79.9. The van der Waals surface area contributed by atoms with Crippen molar-refractivity contribution >= 4 is 15.9 Å². The van der Waals surface area contributed by atoms with E-state index in [2.05, 4.69) is 21.2 Å². The molecule has 100 valence electrons. The fraction of sp³-hybridized carbons (Fsp3) is 0.200. The number of nitrogens with one attached hydrogen (secondary N) is 1. The van der Waals surface area contributed by atoms with Gasteiger partial charge in [-0.15, -0.1) is 0 Å². The van der Waals surface area contributed by atoms with Crippen LogP contribution in [0.3, 0.4) is 0 Å². The summed E-state index contributed by atoms with van der Waals surface area (Å²) in [6.45, 7) is 1.19. The number of halogens is 3. The van der Waals surface area contributed by atoms with E-state index < -0.39 is 0 Å². The second kappa shape index (κ2) is 6.78. The zero-order valence-electron chi connectivity index (χ0n) is 10.3. The minimum Gasteiger partial charge on any atom is -0.312 e. The summed E-state index contributed by atoms with van der Waals surface area (Å²) in [5.41, 5.74) is 1.54. The first-order chi connectivity index (χ1) is 9.18. The van der Waals surface area contributed by atoms with E-state index in [1.807, 2.05) is 12.1 Å². The molecule has 0 aliphatic heterocycles. The van der Waals surface area contributed by atoms with Gasteiger partial charge in [0.15, 0.2) is 0 Å². The molecule has 0 heterocycles. The molecule has 0 fully saturated rings. The number of hydrogen-bond donors (Lipinski definition) is 1. The third-order valence-electron chi connectivity index (χ3n) is 2.88. The summed E-state index contributed by atoms with van der Waals surface area (Å²) in [7, 11) is 0. The minimum absolute atomic E-state index is 0.184. The number of hydrogen-bond acceptors (Lipinski definition) is 1. The second-order valence-corrected chi connectivity index (χ2v) is 5.02. The van der Waals surface area contributed by atoms with Crippen LogP contribution < -0.4 is 5.32 Å². The van der Waals surface area contributed by atoms with Crippen molar-refractivity contribution in [2.75, 3.05) is 6.54 Å². The van der Waals surface area contributed by atoms with E-state index in [-0.39, 0.29) is 11.6 Å². The molecule has 0 saturated carbocycles. The van der Waals surface area contributed by atoms with Crippen LogP contribution in [-0.2, 0) is 13.0 Å². The molecule has 2 rings (SSSR count). The SMILES string of the molecule is Fc1ccccc1CCNCc1cccc(F)c1Br. The third-order valence-corrected chi connectivity index (χ3v) is 3.76. The van der Waals surface area contributed by atoms with Gasteiger partial charge in [-0.1, -0.05) is 30.3 Å². The summed E-state index contributed by atoms with van der Waals surface area (Å²) in [5, 5.41) is 3.18. The average Bonchev–Trinajstić information content (AvgIpc) is 2.41. The van der Waals surface area contributed by atoms with Crippen LogP contribution in [0.1, 0.15) is 11.1 Å². The first-order valence-electron chi connectivity index (χ1n) is 6.05. The van der Waals surface area contributed by atoms with Gasteiger partial charge in [0, 0.05) is 6.54 Å². The van der Waals surface area contributed by atoms with Crippen molar-refractivity contribution < 1.29 is 8.78 Å². The topological polar surface area (TPSA) is 12.0 Å². The summed E-state index contributed by atoms with van der Waals surface area (Å²) >= 11 is 3.21. The maximum absolute atomic E-state index is 13.4. The van der Waals surface area contributed by atoms with Crippen molar-refractivity contribution in [1.82, 2.24) is 5.32 Å². The van der Waals surface area contributed by atoms with Crippen LogP contribution in [0.4, 0.5) is 8.78 Å². The van der Waals surface area contributed by atoms with Gasteiger partial charge < -0.3 is 5.32 Å². The molecule has 0 atom stereocenters. The Morgan fingerprint density at radius 3 is 2.37 bits per heavy atom. The molecule has 0 unspecified atom stereocenters. The molecule has 2 aromatic rings. The largest absolute Gasteiger partial charge is 0.312 e. The summed E-state index contributed by atoms with van der Waals surface area (Å²) in [6.07, 6.45) is 0.611. The number of benzene rings is 2. The van der Waals surface area contributed by atoms with E-state index in [1.54, 1.807) is 18.2 Å². The van der Waals surface area contributed by atoms with Gasteiger partial charge in [-0.25, -0.2) is 8.78 Å². The van der Waals surface area contributed by atoms with Crippen molar-refractivity contribution in [1.29, 1.82) is 0 Å². The van der Waals surface area contributed by atoms with E-state index in [0.717, 1.165) is 5.56 Å². The monoisotopic (exact) mass is 325 g/mol. The van der Waals surface area contributed by atoms with Gasteiger partial charge in [0.2, 0.25) is 0 Å². The number of rotatable bonds is 5. The molecule has 0 radical (unpaired) electrons. The van der Waals surface area contributed by atoms with E-state index in [0.29, 0.717) is 29.5 Å². The lowest BCUT2D eigenvalue weighted by molar-refractivity contribution is 0.594. The highest BCUT2D eigenvalue weighted by Gasteiger charge is 2.05. The Labute approximate surface area is 119 Å². The summed E-state index contributed by atoms with van der Waals surface area (Å²) < 4.78 is 27.1. The Hall–Kier alpha value is -1.26. The zero-order chi connectivity index (χ0) is 13.7. The molecular weight excluding hydrogens is 312 g/mol. The fourth-order valence-electron chi connectivity index (χ4n) is 1.83. The van der Waals surface area contributed by atoms with Crippen LogP contribution >= 0.6 is 15.9 Å². The Morgan fingerprint density at radius 2 is 1.58 bits per heavy atom. The van der Waals surface area contributed by atoms with Gasteiger partial charge in [-0.2, -0.15) is 0 Å². The standard InChI is InChI=1S/C15H14BrF2N/c16-15-12(5-3-7-14(15)18)10-19-9-8-11-4-1-2-6-13(11)17/h1-7,19H,8-10H2. The lowest BCUT2D eigenvalue weighted by Gasteiger charge is -2.08. The van der Waals surface area contributed by atoms with Crippen LogP contribution in [-0.4, -0.2) is 6.54 Å². The van der Waals surface area contributed by atoms with Crippen molar-refractivity contribution in [3.05, 3.63) is 69.7 Å². The molecule has 0 aliphatic carbocycles. The quantitative estimate of drug-likeness (QED) is 0.817. The van der Waals surface area contributed by atoms with Crippen LogP contribution in [0.2, 0.25) is 0 Å². The van der Waals surface area contributed by atoms with Gasteiger partial charge in [0.05, 0.1) is 4.47 Å². The highest BCUT2D eigenvalue weighted by molar-refractivity contribution is 9.10. The van der Waals surface area contributed by atoms with Crippen LogP contribution in [0.25, 0.3) is 0 Å². The lowest BCUT2D eigenvalue weighted by Crippen LogP contribution is -2.17. The summed E-state index contributed by atoms with van der Waals surface area (Å²) in [5.74, 6) is -0.454. The van der Waals surface area contributed by atoms with Crippen molar-refractivity contribution in [2.45, 2.75) is 13.0 Å². The predicted molar refractivity (Wildman–Crippen MR) is 75.9 cm³/mol. The first kappa shape index (κ1) is 14.2. The van der Waals surface area contributed by atoms with E-state index in [1.165, 1.54) is 12.1 Å². The Kier molecular flexibility index (Phi) is 5.05. The van der Waals surface area contributed by atoms with E-state index >= 15 is 0 Å². The van der Waals surface area contributed by atoms with Gasteiger partial charge in [0.1, 0.15) is 11.6 Å². The van der Waals surface area contributed by atoms with Crippen molar-refractivity contribution in [3.63, 3.8) is 0 Å². The average molecular weight is 326 g/mol. The smallest absolute Gasteiger partial charge is 0.137 e. The molecule has 0 amide bonds. The molecule has 0 aromatic heterocycles. The van der Waals surface area contributed by atoms with Gasteiger partial charge >= 0.3 is 0 Å². The molecule has 19 heavy (non-hydrogen) atoms. The third kappa shape index (κ3) is 3.85. The first-order valence-corrected chi connectivity index (χ1v) is 6.85. The molecule has 0 bridgehead atoms. The fourth-order valence-corrected chi connectivity index (χ4v) is 2.24. The molecule has 1 nitrogen and oxygen atoms in total. The van der Waals surface area contributed by atoms with E-state index in [4.69, 9.17) is 0 Å². The van der Waals surface area contributed by atoms with Gasteiger partial charge in [-0.05, 0) is 52.2 Å². The van der Waals surface area contributed by atoms with Gasteiger partial charge in [-0.3, -0.25) is 0 Å². The Bertz CT molecular complexity index is 558. The summed E-state index contributed by atoms with van der Waals surface area (Å²) in [4.78, 5) is 0.